The lowest BCUT2D eigenvalue weighted by molar-refractivity contribution is -0.0759. The Morgan fingerprint density at radius 2 is 2.12 bits per heavy atom. The summed E-state index contributed by atoms with van der Waals surface area (Å²) in [6, 6.07) is 7.65. The molecule has 1 atom stereocenters. The zero-order chi connectivity index (χ0) is 17.5. The van der Waals surface area contributed by atoms with Gasteiger partial charge in [-0.2, -0.15) is 0 Å². The van der Waals surface area contributed by atoms with Gasteiger partial charge in [0.05, 0.1) is 6.54 Å². The summed E-state index contributed by atoms with van der Waals surface area (Å²) in [5.41, 5.74) is 4.87. The molecular weight excluding hydrogens is 321 g/mol. The first-order valence-corrected chi connectivity index (χ1v) is 6.92. The fraction of sp³-hybridized carbons (Fsp3) is 0.200. The van der Waals surface area contributed by atoms with Crippen LogP contribution in [-0.2, 0) is 4.84 Å². The van der Waals surface area contributed by atoms with Gasteiger partial charge in [-0.3, -0.25) is 5.21 Å². The minimum Gasteiger partial charge on any atom is -0.426 e. The monoisotopic (exact) mass is 337 g/mol. The second-order valence-corrected chi connectivity index (χ2v) is 4.78. The van der Waals surface area contributed by atoms with Crippen molar-refractivity contribution in [2.24, 2.45) is 10.9 Å². The van der Waals surface area contributed by atoms with Crippen LogP contribution in [0.15, 0.2) is 46.0 Å². The van der Waals surface area contributed by atoms with E-state index >= 15 is 0 Å². The Balaban J connectivity index is 1.84. The summed E-state index contributed by atoms with van der Waals surface area (Å²) in [4.78, 5) is 15.7. The molecule has 0 aliphatic carbocycles. The molecule has 0 saturated heterocycles. The molecule has 9 heteroatoms. The molecule has 1 aromatic carbocycles. The second kappa shape index (κ2) is 7.97. The lowest BCUT2D eigenvalue weighted by Crippen LogP contribution is -2.37. The largest absolute Gasteiger partial charge is 0.426 e. The summed E-state index contributed by atoms with van der Waals surface area (Å²) in [5.74, 6) is 0.619. The number of hydroxylamine groups is 2. The molecule has 0 saturated carbocycles. The van der Waals surface area contributed by atoms with Crippen LogP contribution >= 0.6 is 0 Å². The number of oxime groups is 1. The number of nitrogens with two attached hydrogens (primary N) is 1. The number of ether oxygens (including phenoxy) is 1. The Morgan fingerprint density at radius 1 is 1.42 bits per heavy atom. The number of carbonyl (C=O) groups is 1. The van der Waals surface area contributed by atoms with Crippen molar-refractivity contribution < 1.29 is 28.4 Å². The molecule has 24 heavy (non-hydrogen) atoms. The highest BCUT2D eigenvalue weighted by Gasteiger charge is 2.11. The molecule has 1 unspecified atom stereocenters. The normalized spacial score (nSPS) is 12.1. The van der Waals surface area contributed by atoms with Crippen LogP contribution in [0.4, 0.5) is 9.18 Å². The quantitative estimate of drug-likeness (QED) is 0.458. The summed E-state index contributed by atoms with van der Waals surface area (Å²) in [5, 5.41) is 13.1. The number of hydrogen-bond acceptors (Lipinski definition) is 6. The topological polar surface area (TPSA) is 111 Å². The molecule has 1 heterocycles. The maximum absolute atomic E-state index is 12.8. The van der Waals surface area contributed by atoms with Crippen molar-refractivity contribution in [3.8, 4) is 11.7 Å². The molecule has 0 bridgehead atoms. The molecule has 128 valence electrons. The van der Waals surface area contributed by atoms with Crippen LogP contribution in [-0.4, -0.2) is 35.2 Å². The average molecular weight is 337 g/mol. The van der Waals surface area contributed by atoms with E-state index in [0.29, 0.717) is 16.6 Å². The second-order valence-electron chi connectivity index (χ2n) is 4.78. The third kappa shape index (κ3) is 5.29. The first kappa shape index (κ1) is 17.3. The van der Waals surface area contributed by atoms with Crippen LogP contribution in [0, 0.1) is 5.82 Å². The van der Waals surface area contributed by atoms with Crippen LogP contribution in [0.2, 0.25) is 0 Å². The number of primary amides is 1. The van der Waals surface area contributed by atoms with E-state index in [4.69, 9.17) is 24.9 Å². The minimum absolute atomic E-state index is 0.135. The van der Waals surface area contributed by atoms with Gasteiger partial charge in [-0.05, 0) is 37.3 Å². The Hall–Kier alpha value is -3.07. The Bertz CT molecular complexity index is 701. The third-order valence-corrected chi connectivity index (χ3v) is 2.74. The van der Waals surface area contributed by atoms with Gasteiger partial charge in [0.15, 0.2) is 5.76 Å². The van der Waals surface area contributed by atoms with E-state index in [1.165, 1.54) is 30.5 Å². The number of rotatable bonds is 7. The van der Waals surface area contributed by atoms with E-state index in [2.05, 4.69) is 5.16 Å². The molecule has 0 aliphatic rings. The molecule has 2 amide bonds. The number of nitrogens with zero attached hydrogens (tertiary/aromatic N) is 2. The summed E-state index contributed by atoms with van der Waals surface area (Å²) >= 11 is 0. The number of furan rings is 1. The van der Waals surface area contributed by atoms with Gasteiger partial charge in [0.2, 0.25) is 0 Å². The van der Waals surface area contributed by atoms with E-state index in [-0.39, 0.29) is 18.3 Å². The number of amides is 2. The maximum atomic E-state index is 12.8. The van der Waals surface area contributed by atoms with E-state index in [1.807, 2.05) is 0 Å². The van der Waals surface area contributed by atoms with Crippen LogP contribution in [0.5, 0.6) is 11.7 Å². The van der Waals surface area contributed by atoms with Gasteiger partial charge in [0.25, 0.3) is 5.95 Å². The minimum atomic E-state index is -0.983. The molecule has 2 aromatic rings. The van der Waals surface area contributed by atoms with Crippen LogP contribution in [0.25, 0.3) is 0 Å². The van der Waals surface area contributed by atoms with E-state index in [1.54, 1.807) is 19.1 Å². The highest BCUT2D eigenvalue weighted by atomic mass is 19.1. The van der Waals surface area contributed by atoms with Crippen molar-refractivity contribution in [2.75, 3.05) is 6.54 Å². The van der Waals surface area contributed by atoms with E-state index in [9.17, 15) is 9.18 Å². The van der Waals surface area contributed by atoms with Crippen molar-refractivity contribution in [1.29, 1.82) is 0 Å². The fourth-order valence-corrected chi connectivity index (χ4v) is 1.63. The van der Waals surface area contributed by atoms with Gasteiger partial charge in [0, 0.05) is 6.07 Å². The average Bonchev–Trinajstić information content (AvgIpc) is 2.97. The predicted molar refractivity (Wildman–Crippen MR) is 81.4 cm³/mol. The molecule has 0 fully saturated rings. The maximum Gasteiger partial charge on any atom is 0.338 e. The summed E-state index contributed by atoms with van der Waals surface area (Å²) in [7, 11) is 0. The van der Waals surface area contributed by atoms with Crippen molar-refractivity contribution in [1.82, 2.24) is 5.06 Å². The van der Waals surface area contributed by atoms with Crippen LogP contribution in [0.1, 0.15) is 12.7 Å². The van der Waals surface area contributed by atoms with E-state index < -0.39 is 12.1 Å². The van der Waals surface area contributed by atoms with Crippen LogP contribution < -0.4 is 10.5 Å². The Labute approximate surface area is 136 Å². The Morgan fingerprint density at radius 3 is 2.79 bits per heavy atom. The van der Waals surface area contributed by atoms with Crippen molar-refractivity contribution in [3.63, 3.8) is 0 Å². The lowest BCUT2D eigenvalue weighted by atomic mass is 10.3. The van der Waals surface area contributed by atoms with Crippen molar-refractivity contribution in [2.45, 2.75) is 13.0 Å². The first-order valence-electron chi connectivity index (χ1n) is 6.92. The van der Waals surface area contributed by atoms with Gasteiger partial charge in [-0.1, -0.05) is 5.16 Å². The Kier molecular flexibility index (Phi) is 5.74. The number of hydrogen-bond donors (Lipinski definition) is 2. The predicted octanol–water partition coefficient (Wildman–Crippen LogP) is 2.72. The molecule has 0 spiro atoms. The van der Waals surface area contributed by atoms with Crippen molar-refractivity contribution >= 4 is 12.2 Å². The SMILES string of the molecule is CC(CN(O)C(N)=O)O/N=C\c1ccc(Oc2ccc(F)cc2)o1. The van der Waals surface area contributed by atoms with Gasteiger partial charge in [-0.15, -0.1) is 0 Å². The molecule has 3 N–H and O–H groups in total. The fourth-order valence-electron chi connectivity index (χ4n) is 1.63. The van der Waals surface area contributed by atoms with Gasteiger partial charge < -0.3 is 19.7 Å². The summed E-state index contributed by atoms with van der Waals surface area (Å²) in [6.45, 7) is 1.46. The molecule has 0 aliphatic heterocycles. The summed E-state index contributed by atoms with van der Waals surface area (Å²) < 4.78 is 23.5. The number of benzene rings is 1. The third-order valence-electron chi connectivity index (χ3n) is 2.74. The standard InChI is InChI=1S/C15H16FN3O5/c1-10(9-19(21)15(17)20)24-18-8-13-6-7-14(23-13)22-12-4-2-11(16)3-5-12/h2-8,10,21H,9H2,1H3,(H2,17,20)/b18-8-. The number of urea groups is 1. The molecular formula is C15H16FN3O5. The summed E-state index contributed by atoms with van der Waals surface area (Å²) in [6.07, 6.45) is 0.712. The molecule has 0 radical (unpaired) electrons. The highest BCUT2D eigenvalue weighted by molar-refractivity contribution is 5.75. The zero-order valence-electron chi connectivity index (χ0n) is 12.8. The van der Waals surface area contributed by atoms with Crippen molar-refractivity contribution in [3.05, 3.63) is 48.0 Å². The molecule has 2 rings (SSSR count). The number of carbonyl (C=O) groups excluding carboxylic acids is 1. The highest BCUT2D eigenvalue weighted by Crippen LogP contribution is 2.23. The zero-order valence-corrected chi connectivity index (χ0v) is 12.8. The van der Waals surface area contributed by atoms with E-state index in [0.717, 1.165) is 0 Å². The molecule has 1 aromatic heterocycles. The lowest BCUT2D eigenvalue weighted by Gasteiger charge is -2.15. The first-order chi connectivity index (χ1) is 11.4. The molecule has 8 nitrogen and oxygen atoms in total. The van der Waals surface area contributed by atoms with Gasteiger partial charge in [-0.25, -0.2) is 14.2 Å². The van der Waals surface area contributed by atoms with Gasteiger partial charge >= 0.3 is 6.03 Å². The smallest absolute Gasteiger partial charge is 0.338 e. The van der Waals surface area contributed by atoms with Gasteiger partial charge in [0.1, 0.15) is 23.9 Å². The number of halogens is 1. The van der Waals surface area contributed by atoms with Crippen LogP contribution in [0.3, 0.4) is 0 Å².